The lowest BCUT2D eigenvalue weighted by molar-refractivity contribution is -0.136. The molecule has 0 aromatic heterocycles. The summed E-state index contributed by atoms with van der Waals surface area (Å²) in [7, 11) is -2.39. The molecule has 8 nitrogen and oxygen atoms in total. The van der Waals surface area contributed by atoms with Gasteiger partial charge in [0, 0.05) is 6.42 Å². The fourth-order valence-electron chi connectivity index (χ4n) is 3.71. The van der Waals surface area contributed by atoms with Crippen molar-refractivity contribution >= 4 is 27.9 Å². The van der Waals surface area contributed by atoms with Gasteiger partial charge in [-0.2, -0.15) is 0 Å². The number of hydrogen-bond acceptors (Lipinski definition) is 6. The maximum absolute atomic E-state index is 13.1. The molecule has 0 bridgehead atoms. The van der Waals surface area contributed by atoms with Gasteiger partial charge in [-0.1, -0.05) is 30.4 Å². The first-order valence-corrected chi connectivity index (χ1v) is 13.6. The van der Waals surface area contributed by atoms with E-state index in [-0.39, 0.29) is 28.2 Å². The van der Waals surface area contributed by atoms with Crippen LogP contribution in [0.2, 0.25) is 0 Å². The maximum Gasteiger partial charge on any atom is 0.335 e. The Morgan fingerprint density at radius 1 is 0.921 bits per heavy atom. The summed E-state index contributed by atoms with van der Waals surface area (Å²) in [6.07, 6.45) is 6.51. The molecule has 0 radical (unpaired) electrons. The van der Waals surface area contributed by atoms with Gasteiger partial charge in [0.25, 0.3) is 0 Å². The van der Waals surface area contributed by atoms with Crippen molar-refractivity contribution in [3.05, 3.63) is 89.5 Å². The van der Waals surface area contributed by atoms with E-state index in [9.17, 15) is 23.1 Å². The maximum atomic E-state index is 13.1. The number of methoxy groups -OCH3 is 1. The van der Waals surface area contributed by atoms with Crippen LogP contribution in [0.3, 0.4) is 0 Å². The third-order valence-corrected chi connectivity index (χ3v) is 7.54. The second-order valence-corrected chi connectivity index (χ2v) is 10.5. The largest absolute Gasteiger partial charge is 0.497 e. The van der Waals surface area contributed by atoms with Gasteiger partial charge < -0.3 is 19.7 Å². The van der Waals surface area contributed by atoms with E-state index in [1.165, 1.54) is 36.4 Å². The van der Waals surface area contributed by atoms with Crippen molar-refractivity contribution in [3.8, 4) is 11.5 Å². The quantitative estimate of drug-likeness (QED) is 0.257. The van der Waals surface area contributed by atoms with Gasteiger partial charge in [0.05, 0.1) is 29.1 Å². The first kappa shape index (κ1) is 28.5. The Morgan fingerprint density at radius 2 is 1.66 bits per heavy atom. The minimum Gasteiger partial charge on any atom is -0.497 e. The van der Waals surface area contributed by atoms with Crippen molar-refractivity contribution in [1.29, 1.82) is 0 Å². The lowest BCUT2D eigenvalue weighted by atomic mass is 10.1. The predicted octanol–water partition coefficient (Wildman–Crippen LogP) is 5.51. The van der Waals surface area contributed by atoms with Gasteiger partial charge in [-0.05, 0) is 85.3 Å². The molecule has 38 heavy (non-hydrogen) atoms. The van der Waals surface area contributed by atoms with E-state index >= 15 is 0 Å². The first-order valence-electron chi connectivity index (χ1n) is 12.1. The predicted molar refractivity (Wildman–Crippen MR) is 143 cm³/mol. The number of unbranched alkanes of at least 4 members (excludes halogenated alkanes) is 2. The van der Waals surface area contributed by atoms with Crippen LogP contribution in [0, 0.1) is 0 Å². The summed E-state index contributed by atoms with van der Waals surface area (Å²) < 4.78 is 37.3. The van der Waals surface area contributed by atoms with Crippen molar-refractivity contribution in [3.63, 3.8) is 0 Å². The van der Waals surface area contributed by atoms with Gasteiger partial charge in [0.1, 0.15) is 11.5 Å². The standard InChI is InChI=1S/C29H30O8S/c1-36-24-13-10-21(11-14-24)7-4-2-3-5-18-37-27-16-15-26(19-22(27)12-17-28(30)31)38(34,35)25-9-6-8-23(20-25)29(32)33/h4,6-11,13-16,19-20H,2-3,5,12,17-18H2,1H3,(H,30,31)(H,32,33)/b7-4+. The highest BCUT2D eigenvalue weighted by Crippen LogP contribution is 2.28. The van der Waals surface area contributed by atoms with E-state index < -0.39 is 21.8 Å². The fraction of sp³-hybridized carbons (Fsp3) is 0.241. The molecule has 0 atom stereocenters. The highest BCUT2D eigenvalue weighted by atomic mass is 32.2. The summed E-state index contributed by atoms with van der Waals surface area (Å²) in [5.41, 5.74) is 1.40. The Morgan fingerprint density at radius 3 is 2.34 bits per heavy atom. The molecule has 0 amide bonds. The molecule has 0 saturated carbocycles. The number of sulfone groups is 1. The van der Waals surface area contributed by atoms with Crippen LogP contribution >= 0.6 is 0 Å². The number of hydrogen-bond donors (Lipinski definition) is 2. The Labute approximate surface area is 222 Å². The Balaban J connectivity index is 1.64. The van der Waals surface area contributed by atoms with Crippen LogP contribution in [0.4, 0.5) is 0 Å². The van der Waals surface area contributed by atoms with E-state index in [4.69, 9.17) is 14.6 Å². The molecule has 0 saturated heterocycles. The van der Waals surface area contributed by atoms with Crippen LogP contribution in [0.5, 0.6) is 11.5 Å². The molecule has 3 aromatic carbocycles. The zero-order valence-electron chi connectivity index (χ0n) is 21.0. The van der Waals surface area contributed by atoms with Crippen molar-refractivity contribution in [2.45, 2.75) is 41.9 Å². The molecule has 0 heterocycles. The molecule has 0 aliphatic carbocycles. The first-order chi connectivity index (χ1) is 18.2. The van der Waals surface area contributed by atoms with Crippen molar-refractivity contribution in [1.82, 2.24) is 0 Å². The van der Waals surface area contributed by atoms with Crippen LogP contribution in [-0.4, -0.2) is 44.3 Å². The molecule has 2 N–H and O–H groups in total. The summed E-state index contributed by atoms with van der Waals surface area (Å²) in [4.78, 5) is 22.2. The topological polar surface area (TPSA) is 127 Å². The number of allylic oxidation sites excluding steroid dienone is 1. The molecule has 0 spiro atoms. The SMILES string of the molecule is COc1ccc(/C=C/CCCCOc2ccc(S(=O)(=O)c3cccc(C(=O)O)c3)cc2CCC(=O)O)cc1. The van der Waals surface area contributed by atoms with E-state index in [0.29, 0.717) is 17.9 Å². The number of aryl methyl sites for hydroxylation is 1. The molecule has 0 aliphatic heterocycles. The van der Waals surface area contributed by atoms with E-state index in [1.807, 2.05) is 30.3 Å². The Kier molecular flexibility index (Phi) is 10.1. The second kappa shape index (κ2) is 13.4. The lowest BCUT2D eigenvalue weighted by Crippen LogP contribution is -2.07. The third-order valence-electron chi connectivity index (χ3n) is 5.79. The number of aromatic carboxylic acids is 1. The minimum absolute atomic E-state index is 0.0588. The number of benzene rings is 3. The average molecular weight is 539 g/mol. The zero-order chi connectivity index (χ0) is 27.5. The Hall–Kier alpha value is -4.11. The number of carbonyl (C=O) groups is 2. The van der Waals surface area contributed by atoms with Gasteiger partial charge in [-0.25, -0.2) is 13.2 Å². The summed E-state index contributed by atoms with van der Waals surface area (Å²) in [6, 6.07) is 17.2. The van der Waals surface area contributed by atoms with E-state index in [1.54, 1.807) is 7.11 Å². The smallest absolute Gasteiger partial charge is 0.335 e. The van der Waals surface area contributed by atoms with Gasteiger partial charge in [-0.3, -0.25) is 4.79 Å². The lowest BCUT2D eigenvalue weighted by Gasteiger charge is -2.13. The van der Waals surface area contributed by atoms with E-state index in [0.717, 1.165) is 36.6 Å². The Bertz CT molecular complexity index is 1390. The highest BCUT2D eigenvalue weighted by molar-refractivity contribution is 7.91. The molecule has 0 unspecified atom stereocenters. The molecule has 200 valence electrons. The van der Waals surface area contributed by atoms with Crippen molar-refractivity contribution in [2.24, 2.45) is 0 Å². The number of carboxylic acid groups (broad SMARTS) is 2. The van der Waals surface area contributed by atoms with Gasteiger partial charge >= 0.3 is 11.9 Å². The molecule has 0 aliphatic rings. The molecular weight excluding hydrogens is 508 g/mol. The van der Waals surface area contributed by atoms with E-state index in [2.05, 4.69) is 6.08 Å². The highest BCUT2D eigenvalue weighted by Gasteiger charge is 2.21. The van der Waals surface area contributed by atoms with Crippen LogP contribution < -0.4 is 9.47 Å². The number of rotatable bonds is 14. The molecule has 3 aromatic rings. The molecule has 3 rings (SSSR count). The van der Waals surface area contributed by atoms with Crippen LogP contribution in [0.15, 0.2) is 82.6 Å². The van der Waals surface area contributed by atoms with Gasteiger partial charge in [0.15, 0.2) is 0 Å². The zero-order valence-corrected chi connectivity index (χ0v) is 21.8. The normalized spacial score (nSPS) is 11.4. The summed E-state index contributed by atoms with van der Waals surface area (Å²) in [6.45, 7) is 0.392. The summed E-state index contributed by atoms with van der Waals surface area (Å²) in [5.74, 6) is -1.01. The molecule has 9 heteroatoms. The summed E-state index contributed by atoms with van der Waals surface area (Å²) in [5, 5.41) is 18.3. The summed E-state index contributed by atoms with van der Waals surface area (Å²) >= 11 is 0. The van der Waals surface area contributed by atoms with Gasteiger partial charge in [0.2, 0.25) is 9.84 Å². The minimum atomic E-state index is -4.02. The second-order valence-electron chi connectivity index (χ2n) is 8.52. The van der Waals surface area contributed by atoms with Crippen molar-refractivity contribution < 1.29 is 37.7 Å². The van der Waals surface area contributed by atoms with Crippen LogP contribution in [0.25, 0.3) is 6.08 Å². The third kappa shape index (κ3) is 7.94. The fourth-order valence-corrected chi connectivity index (χ4v) is 5.07. The molecule has 0 fully saturated rings. The number of aliphatic carboxylic acids is 1. The van der Waals surface area contributed by atoms with Gasteiger partial charge in [-0.15, -0.1) is 0 Å². The van der Waals surface area contributed by atoms with Crippen molar-refractivity contribution in [2.75, 3.05) is 13.7 Å². The average Bonchev–Trinajstić information content (AvgIpc) is 2.92. The molecular formula is C29H30O8S. The number of carboxylic acids is 2. The monoisotopic (exact) mass is 538 g/mol. The number of ether oxygens (including phenoxy) is 2. The van der Waals surface area contributed by atoms with Crippen LogP contribution in [-0.2, 0) is 21.1 Å². The van der Waals surface area contributed by atoms with Crippen LogP contribution in [0.1, 0.15) is 47.2 Å².